The van der Waals surface area contributed by atoms with E-state index in [2.05, 4.69) is 25.4 Å². The van der Waals surface area contributed by atoms with E-state index in [1.807, 2.05) is 29.2 Å². The van der Waals surface area contributed by atoms with Crippen LogP contribution < -0.4 is 10.2 Å². The van der Waals surface area contributed by atoms with E-state index in [4.69, 9.17) is 11.6 Å². The minimum atomic E-state index is 0.109. The average Bonchev–Trinajstić information content (AvgIpc) is 2.61. The lowest BCUT2D eigenvalue weighted by Gasteiger charge is -2.34. The predicted molar refractivity (Wildman–Crippen MR) is 93.1 cm³/mol. The Balaban J connectivity index is 1.62. The number of halogens is 1. The highest BCUT2D eigenvalue weighted by Gasteiger charge is 2.20. The molecule has 1 N–H and O–H groups in total. The minimum absolute atomic E-state index is 0.109. The zero-order chi connectivity index (χ0) is 16.9. The Bertz CT molecular complexity index is 717. The maximum atomic E-state index is 11.4. The smallest absolute Gasteiger partial charge is 0.244 e. The minimum Gasteiger partial charge on any atom is -0.352 e. The maximum Gasteiger partial charge on any atom is 0.244 e. The first-order valence-corrected chi connectivity index (χ1v) is 8.19. The van der Waals surface area contributed by atoms with Gasteiger partial charge in [-0.2, -0.15) is 10.1 Å². The number of hydrogen-bond acceptors (Lipinski definition) is 6. The van der Waals surface area contributed by atoms with Gasteiger partial charge in [0.1, 0.15) is 0 Å². The summed E-state index contributed by atoms with van der Waals surface area (Å²) in [5.74, 6) is 1.33. The molecule has 0 bridgehead atoms. The Labute approximate surface area is 145 Å². The number of anilines is 2. The molecule has 0 spiro atoms. The third-order valence-electron chi connectivity index (χ3n) is 3.99. The van der Waals surface area contributed by atoms with Crippen molar-refractivity contribution in [3.05, 3.63) is 41.0 Å². The Morgan fingerprint density at radius 3 is 2.71 bits per heavy atom. The molecule has 1 aromatic carbocycles. The first-order chi connectivity index (χ1) is 11.6. The Hall–Kier alpha value is -2.41. The summed E-state index contributed by atoms with van der Waals surface area (Å²) in [5, 5.41) is 11.9. The molecule has 2 heterocycles. The molecular weight excluding hydrogens is 328 g/mol. The van der Waals surface area contributed by atoms with Gasteiger partial charge in [0.15, 0.2) is 5.82 Å². The molecule has 1 fully saturated rings. The summed E-state index contributed by atoms with van der Waals surface area (Å²) in [4.78, 5) is 19.8. The van der Waals surface area contributed by atoms with E-state index in [-0.39, 0.29) is 5.91 Å². The van der Waals surface area contributed by atoms with Crippen molar-refractivity contribution in [2.75, 3.05) is 36.4 Å². The highest BCUT2D eigenvalue weighted by molar-refractivity contribution is 6.31. The van der Waals surface area contributed by atoms with Gasteiger partial charge in [-0.15, -0.1) is 5.10 Å². The molecule has 1 aliphatic heterocycles. The Kier molecular flexibility index (Phi) is 5.10. The van der Waals surface area contributed by atoms with Crippen LogP contribution in [0.1, 0.15) is 12.5 Å². The topological polar surface area (TPSA) is 74.2 Å². The maximum absolute atomic E-state index is 11.4. The van der Waals surface area contributed by atoms with E-state index >= 15 is 0 Å². The number of piperazine rings is 1. The molecule has 0 saturated carbocycles. The molecule has 0 atom stereocenters. The Morgan fingerprint density at radius 2 is 2.00 bits per heavy atom. The van der Waals surface area contributed by atoms with Crippen LogP contribution in [0.4, 0.5) is 11.8 Å². The molecule has 126 valence electrons. The number of nitrogens with zero attached hydrogens (tertiary/aromatic N) is 5. The first kappa shape index (κ1) is 16.4. The summed E-state index contributed by atoms with van der Waals surface area (Å²) in [6.45, 7) is 5.00. The molecule has 0 unspecified atom stereocenters. The fraction of sp³-hybridized carbons (Fsp3) is 0.375. The monoisotopic (exact) mass is 346 g/mol. The van der Waals surface area contributed by atoms with Gasteiger partial charge in [0, 0.05) is 44.7 Å². The molecule has 0 radical (unpaired) electrons. The summed E-state index contributed by atoms with van der Waals surface area (Å²) < 4.78 is 0. The van der Waals surface area contributed by atoms with Crippen LogP contribution in [0.15, 0.2) is 30.5 Å². The molecular formula is C16H19ClN6O. The standard InChI is InChI=1S/C16H19ClN6O/c1-12(24)22-6-8-23(9-7-22)15-11-19-21-16(20-15)18-10-13-4-2-3-5-14(13)17/h2-5,11H,6-10H2,1H3,(H,18,20,21). The van der Waals surface area contributed by atoms with Crippen molar-refractivity contribution < 1.29 is 4.79 Å². The fourth-order valence-corrected chi connectivity index (χ4v) is 2.79. The summed E-state index contributed by atoms with van der Waals surface area (Å²) in [6.07, 6.45) is 1.64. The van der Waals surface area contributed by atoms with Crippen molar-refractivity contribution in [1.82, 2.24) is 20.1 Å². The molecule has 1 amide bonds. The number of carbonyl (C=O) groups is 1. The van der Waals surface area contributed by atoms with Gasteiger partial charge in [-0.3, -0.25) is 4.79 Å². The van der Waals surface area contributed by atoms with Gasteiger partial charge >= 0.3 is 0 Å². The van der Waals surface area contributed by atoms with Crippen LogP contribution in [0.3, 0.4) is 0 Å². The lowest BCUT2D eigenvalue weighted by molar-refractivity contribution is -0.129. The summed E-state index contributed by atoms with van der Waals surface area (Å²) in [7, 11) is 0. The fourth-order valence-electron chi connectivity index (χ4n) is 2.59. The molecule has 0 aliphatic carbocycles. The summed E-state index contributed by atoms with van der Waals surface area (Å²) in [5.41, 5.74) is 0.975. The number of amides is 1. The number of nitrogens with one attached hydrogen (secondary N) is 1. The van der Waals surface area contributed by atoms with Crippen molar-refractivity contribution in [3.63, 3.8) is 0 Å². The largest absolute Gasteiger partial charge is 0.352 e. The average molecular weight is 347 g/mol. The van der Waals surface area contributed by atoms with Crippen LogP contribution >= 0.6 is 11.6 Å². The van der Waals surface area contributed by atoms with Crippen molar-refractivity contribution in [2.45, 2.75) is 13.5 Å². The highest BCUT2D eigenvalue weighted by Crippen LogP contribution is 2.17. The quantitative estimate of drug-likeness (QED) is 0.910. The van der Waals surface area contributed by atoms with Gasteiger partial charge in [0.2, 0.25) is 11.9 Å². The van der Waals surface area contributed by atoms with E-state index < -0.39 is 0 Å². The molecule has 7 nitrogen and oxygen atoms in total. The lowest BCUT2D eigenvalue weighted by atomic mass is 10.2. The molecule has 1 aliphatic rings. The second kappa shape index (κ2) is 7.44. The SMILES string of the molecule is CC(=O)N1CCN(c2cnnc(NCc3ccccc3Cl)n2)CC1. The van der Waals surface area contributed by atoms with Crippen LogP contribution in [0, 0.1) is 0 Å². The van der Waals surface area contributed by atoms with Crippen LogP contribution in [0.2, 0.25) is 5.02 Å². The van der Waals surface area contributed by atoms with Gasteiger partial charge in [-0.25, -0.2) is 0 Å². The number of aromatic nitrogens is 3. The van der Waals surface area contributed by atoms with Crippen LogP contribution in [0.25, 0.3) is 0 Å². The van der Waals surface area contributed by atoms with E-state index in [9.17, 15) is 4.79 Å². The molecule has 24 heavy (non-hydrogen) atoms. The van der Waals surface area contributed by atoms with E-state index in [0.29, 0.717) is 30.6 Å². The van der Waals surface area contributed by atoms with E-state index in [1.54, 1.807) is 13.1 Å². The van der Waals surface area contributed by atoms with Gasteiger partial charge in [0.05, 0.1) is 6.20 Å². The number of rotatable bonds is 4. The number of carbonyl (C=O) groups excluding carboxylic acids is 1. The lowest BCUT2D eigenvalue weighted by Crippen LogP contribution is -2.48. The second-order valence-corrected chi connectivity index (χ2v) is 5.98. The molecule has 8 heteroatoms. The molecule has 1 aromatic heterocycles. The molecule has 2 aromatic rings. The van der Waals surface area contributed by atoms with E-state index in [0.717, 1.165) is 24.5 Å². The zero-order valence-corrected chi connectivity index (χ0v) is 14.2. The van der Waals surface area contributed by atoms with Gasteiger partial charge < -0.3 is 15.1 Å². The van der Waals surface area contributed by atoms with Gasteiger partial charge in [-0.05, 0) is 11.6 Å². The van der Waals surface area contributed by atoms with Crippen molar-refractivity contribution in [3.8, 4) is 0 Å². The van der Waals surface area contributed by atoms with Crippen molar-refractivity contribution in [2.24, 2.45) is 0 Å². The van der Waals surface area contributed by atoms with E-state index in [1.165, 1.54) is 0 Å². The van der Waals surface area contributed by atoms with Gasteiger partial charge in [0.25, 0.3) is 0 Å². The van der Waals surface area contributed by atoms with Crippen molar-refractivity contribution in [1.29, 1.82) is 0 Å². The second-order valence-electron chi connectivity index (χ2n) is 5.58. The summed E-state index contributed by atoms with van der Waals surface area (Å²) in [6, 6.07) is 7.63. The highest BCUT2D eigenvalue weighted by atomic mass is 35.5. The van der Waals surface area contributed by atoms with Crippen molar-refractivity contribution >= 4 is 29.3 Å². The van der Waals surface area contributed by atoms with Gasteiger partial charge in [-0.1, -0.05) is 29.8 Å². The third kappa shape index (κ3) is 3.91. The van der Waals surface area contributed by atoms with Crippen LogP contribution in [-0.4, -0.2) is 52.2 Å². The normalized spacial score (nSPS) is 14.6. The Morgan fingerprint density at radius 1 is 1.25 bits per heavy atom. The first-order valence-electron chi connectivity index (χ1n) is 7.81. The van der Waals surface area contributed by atoms with Crippen LogP contribution in [0.5, 0.6) is 0 Å². The zero-order valence-electron chi connectivity index (χ0n) is 13.4. The number of hydrogen-bond donors (Lipinski definition) is 1. The predicted octanol–water partition coefficient (Wildman–Crippen LogP) is 1.81. The summed E-state index contributed by atoms with van der Waals surface area (Å²) >= 11 is 6.15. The molecule has 1 saturated heterocycles. The third-order valence-corrected chi connectivity index (χ3v) is 4.36. The van der Waals surface area contributed by atoms with Crippen LogP contribution in [-0.2, 0) is 11.3 Å². The molecule has 3 rings (SSSR count). The number of benzene rings is 1.